The Morgan fingerprint density at radius 2 is 2.21 bits per heavy atom. The third kappa shape index (κ3) is 3.29. The average molecular weight is 371 g/mol. The first-order chi connectivity index (χ1) is 9.15. The van der Waals surface area contributed by atoms with Gasteiger partial charge in [0.25, 0.3) is 0 Å². The van der Waals surface area contributed by atoms with E-state index in [1.807, 2.05) is 30.2 Å². The topological polar surface area (TPSA) is 29.5 Å². The minimum atomic E-state index is 0.171. The van der Waals surface area contributed by atoms with Crippen LogP contribution in [0.2, 0.25) is 0 Å². The van der Waals surface area contributed by atoms with Crippen LogP contribution in [-0.2, 0) is 11.2 Å². The largest absolute Gasteiger partial charge is 0.496 e. The Balaban J connectivity index is 2.29. The van der Waals surface area contributed by atoms with E-state index in [4.69, 9.17) is 4.74 Å². The van der Waals surface area contributed by atoms with E-state index in [9.17, 15) is 4.79 Å². The molecule has 0 unspecified atom stereocenters. The summed E-state index contributed by atoms with van der Waals surface area (Å²) >= 11 is 2.34. The van der Waals surface area contributed by atoms with Gasteiger partial charge in [-0.25, -0.2) is 0 Å². The summed E-state index contributed by atoms with van der Waals surface area (Å²) in [6.07, 6.45) is 5.40. The number of hydrogen-bond donors (Lipinski definition) is 0. The summed E-state index contributed by atoms with van der Waals surface area (Å²) in [6, 6.07) is 4.06. The molecule has 2 rings (SSSR count). The predicted molar refractivity (Wildman–Crippen MR) is 85.7 cm³/mol. The summed E-state index contributed by atoms with van der Waals surface area (Å²) in [5.74, 6) is 1.04. The fourth-order valence-corrected chi connectivity index (χ4v) is 2.58. The molecule has 0 fully saturated rings. The molecule has 1 aromatic rings. The Labute approximate surface area is 127 Å². The van der Waals surface area contributed by atoms with Gasteiger partial charge in [-0.2, -0.15) is 0 Å². The smallest absolute Gasteiger partial charge is 0.230 e. The number of rotatable bonds is 4. The van der Waals surface area contributed by atoms with Crippen molar-refractivity contribution in [1.29, 1.82) is 0 Å². The van der Waals surface area contributed by atoms with Gasteiger partial charge < -0.3 is 9.64 Å². The zero-order valence-electron chi connectivity index (χ0n) is 11.3. The Bertz CT molecular complexity index is 511. The molecule has 0 saturated heterocycles. The van der Waals surface area contributed by atoms with Gasteiger partial charge >= 0.3 is 0 Å². The molecule has 0 N–H and O–H groups in total. The number of fused-ring (bicyclic) bond motifs is 1. The lowest BCUT2D eigenvalue weighted by atomic mass is 10.0. The number of carbonyl (C=O) groups is 1. The Hall–Kier alpha value is -1.04. The van der Waals surface area contributed by atoms with Crippen molar-refractivity contribution in [2.45, 2.75) is 19.8 Å². The summed E-state index contributed by atoms with van der Waals surface area (Å²) in [5.41, 5.74) is 3.23. The van der Waals surface area contributed by atoms with Gasteiger partial charge in [-0.15, -0.1) is 0 Å². The van der Waals surface area contributed by atoms with E-state index < -0.39 is 0 Å². The summed E-state index contributed by atoms with van der Waals surface area (Å²) < 4.78 is 6.40. The van der Waals surface area contributed by atoms with Crippen LogP contribution in [0, 0.1) is 6.92 Å². The molecule has 1 aromatic carbocycles. The highest BCUT2D eigenvalue weighted by molar-refractivity contribution is 14.1. The molecule has 1 aliphatic heterocycles. The van der Waals surface area contributed by atoms with Gasteiger partial charge in [0.1, 0.15) is 5.75 Å². The lowest BCUT2D eigenvalue weighted by Gasteiger charge is -2.16. The summed E-state index contributed by atoms with van der Waals surface area (Å²) in [4.78, 5) is 14.0. The molecule has 0 bridgehead atoms. The van der Waals surface area contributed by atoms with Crippen LogP contribution in [0.1, 0.15) is 23.1 Å². The lowest BCUT2D eigenvalue weighted by Crippen LogP contribution is -2.27. The second-order valence-electron chi connectivity index (χ2n) is 4.64. The molecule has 3 nitrogen and oxygen atoms in total. The molecule has 0 aromatic heterocycles. The summed E-state index contributed by atoms with van der Waals surface area (Å²) in [5, 5.41) is 0. The van der Waals surface area contributed by atoms with Crippen molar-refractivity contribution in [3.63, 3.8) is 0 Å². The molecule has 0 atom stereocenters. The molecular weight excluding hydrogens is 353 g/mol. The number of benzene rings is 1. The van der Waals surface area contributed by atoms with Crippen LogP contribution in [0.15, 0.2) is 18.3 Å². The van der Waals surface area contributed by atoms with E-state index in [2.05, 4.69) is 28.7 Å². The predicted octanol–water partition coefficient (Wildman–Crippen LogP) is 3.18. The van der Waals surface area contributed by atoms with Crippen LogP contribution in [0.25, 0.3) is 6.08 Å². The van der Waals surface area contributed by atoms with Gasteiger partial charge in [0.05, 0.1) is 13.5 Å². The molecule has 19 heavy (non-hydrogen) atoms. The van der Waals surface area contributed by atoms with Gasteiger partial charge in [0.15, 0.2) is 0 Å². The number of hydrogen-bond acceptors (Lipinski definition) is 2. The third-order valence-corrected chi connectivity index (χ3v) is 4.05. The van der Waals surface area contributed by atoms with Crippen LogP contribution >= 0.6 is 22.6 Å². The zero-order valence-corrected chi connectivity index (χ0v) is 13.4. The fraction of sp³-hybridized carbons (Fsp3) is 0.400. The van der Waals surface area contributed by atoms with Crippen LogP contribution in [-0.4, -0.2) is 28.9 Å². The highest BCUT2D eigenvalue weighted by Crippen LogP contribution is 2.26. The quantitative estimate of drug-likeness (QED) is 0.601. The first kappa shape index (κ1) is 14.4. The molecule has 0 saturated carbocycles. The monoisotopic (exact) mass is 371 g/mol. The average Bonchev–Trinajstić information content (AvgIpc) is 2.54. The van der Waals surface area contributed by atoms with Gasteiger partial charge in [0, 0.05) is 17.2 Å². The van der Waals surface area contributed by atoms with Gasteiger partial charge in [-0.1, -0.05) is 28.7 Å². The molecule has 1 heterocycles. The van der Waals surface area contributed by atoms with Crippen molar-refractivity contribution in [2.75, 3.05) is 18.1 Å². The van der Waals surface area contributed by atoms with E-state index in [1.165, 1.54) is 0 Å². The number of ether oxygens (including phenoxy) is 1. The minimum Gasteiger partial charge on any atom is -0.496 e. The maximum atomic E-state index is 12.2. The number of methoxy groups -OCH3 is 1. The summed E-state index contributed by atoms with van der Waals surface area (Å²) in [6.45, 7) is 2.80. The van der Waals surface area contributed by atoms with E-state index in [1.54, 1.807) is 7.11 Å². The number of halogens is 1. The molecule has 0 aliphatic carbocycles. The number of nitrogens with zero attached hydrogens (tertiary/aromatic N) is 1. The van der Waals surface area contributed by atoms with E-state index in [0.29, 0.717) is 6.42 Å². The second kappa shape index (κ2) is 6.41. The van der Waals surface area contributed by atoms with Gasteiger partial charge in [-0.05, 0) is 42.2 Å². The molecule has 102 valence electrons. The second-order valence-corrected chi connectivity index (χ2v) is 5.72. The normalized spacial score (nSPS) is 14.3. The molecule has 0 spiro atoms. The van der Waals surface area contributed by atoms with Crippen molar-refractivity contribution in [2.24, 2.45) is 0 Å². The van der Waals surface area contributed by atoms with Crippen molar-refractivity contribution < 1.29 is 9.53 Å². The van der Waals surface area contributed by atoms with Crippen LogP contribution in [0.5, 0.6) is 5.75 Å². The highest BCUT2D eigenvalue weighted by atomic mass is 127. The molecule has 1 aliphatic rings. The Kier molecular flexibility index (Phi) is 4.85. The molecule has 4 heteroatoms. The number of amides is 1. The van der Waals surface area contributed by atoms with Gasteiger partial charge in [0.2, 0.25) is 5.91 Å². The highest BCUT2D eigenvalue weighted by Gasteiger charge is 2.17. The number of alkyl halides is 1. The first-order valence-corrected chi connectivity index (χ1v) is 7.89. The maximum absolute atomic E-state index is 12.2. The van der Waals surface area contributed by atoms with E-state index in [0.717, 1.165) is 39.8 Å². The Morgan fingerprint density at radius 1 is 1.42 bits per heavy atom. The number of aryl methyl sites for hydroxylation is 1. The van der Waals surface area contributed by atoms with Crippen molar-refractivity contribution in [1.82, 2.24) is 4.90 Å². The Morgan fingerprint density at radius 3 is 2.89 bits per heavy atom. The fourth-order valence-electron chi connectivity index (χ4n) is 2.24. The maximum Gasteiger partial charge on any atom is 0.230 e. The summed E-state index contributed by atoms with van der Waals surface area (Å²) in [7, 11) is 1.67. The lowest BCUT2D eigenvalue weighted by molar-refractivity contribution is -0.127. The molecule has 0 radical (unpaired) electrons. The van der Waals surface area contributed by atoms with Crippen LogP contribution < -0.4 is 4.74 Å². The van der Waals surface area contributed by atoms with Crippen molar-refractivity contribution in [3.8, 4) is 5.75 Å². The molecule has 1 amide bonds. The van der Waals surface area contributed by atoms with Crippen molar-refractivity contribution in [3.05, 3.63) is 35.0 Å². The first-order valence-electron chi connectivity index (χ1n) is 6.37. The third-order valence-electron chi connectivity index (χ3n) is 3.29. The van der Waals surface area contributed by atoms with Crippen LogP contribution in [0.3, 0.4) is 0 Å². The van der Waals surface area contributed by atoms with Crippen molar-refractivity contribution >= 4 is 34.6 Å². The van der Waals surface area contributed by atoms with Gasteiger partial charge in [-0.3, -0.25) is 4.79 Å². The van der Waals surface area contributed by atoms with E-state index >= 15 is 0 Å². The number of carbonyl (C=O) groups excluding carboxylic acids is 1. The minimum absolute atomic E-state index is 0.171. The SMILES string of the molecule is COc1cc2c(cc1C)CC(=O)N(CCCI)C=C2. The van der Waals surface area contributed by atoms with Crippen LogP contribution in [0.4, 0.5) is 0 Å². The standard InChI is InChI=1S/C15H18INO2/c1-11-8-13-10-15(18)17(6-3-5-16)7-4-12(13)9-14(11)19-2/h4,7-9H,3,5-6,10H2,1-2H3. The molecular formula is C15H18INO2. The van der Waals surface area contributed by atoms with E-state index in [-0.39, 0.29) is 5.91 Å². The zero-order chi connectivity index (χ0) is 13.8.